The first-order valence-electron chi connectivity index (χ1n) is 6.81. The van der Waals surface area contributed by atoms with Crippen LogP contribution in [0.2, 0.25) is 4.34 Å². The summed E-state index contributed by atoms with van der Waals surface area (Å²) in [5, 5.41) is 6.15. The Labute approximate surface area is 143 Å². The maximum atomic E-state index is 11.6. The number of alkyl carbamates (subject to hydrolysis) is 1. The summed E-state index contributed by atoms with van der Waals surface area (Å²) < 4.78 is 6.92. The van der Waals surface area contributed by atoms with E-state index in [9.17, 15) is 4.79 Å². The predicted molar refractivity (Wildman–Crippen MR) is 92.2 cm³/mol. The minimum absolute atomic E-state index is 0.0611. The molecule has 1 aromatic heterocycles. The third kappa shape index (κ3) is 8.04. The predicted octanol–water partition coefficient (Wildman–Crippen LogP) is 4.56. The van der Waals surface area contributed by atoms with Gasteiger partial charge in [0.25, 0.3) is 0 Å². The van der Waals surface area contributed by atoms with Crippen molar-refractivity contribution in [3.05, 3.63) is 19.8 Å². The molecular formula is C14H22BrClN2O2S. The van der Waals surface area contributed by atoms with Crippen molar-refractivity contribution >= 4 is 45.0 Å². The molecule has 1 heterocycles. The van der Waals surface area contributed by atoms with Crippen LogP contribution in [0.4, 0.5) is 4.79 Å². The van der Waals surface area contributed by atoms with E-state index >= 15 is 0 Å². The summed E-state index contributed by atoms with van der Waals surface area (Å²) in [6.07, 6.45) is 0.462. The fourth-order valence-corrected chi connectivity index (χ4v) is 3.35. The Morgan fingerprint density at radius 3 is 2.71 bits per heavy atom. The van der Waals surface area contributed by atoms with Gasteiger partial charge in [-0.2, -0.15) is 0 Å². The van der Waals surface area contributed by atoms with Gasteiger partial charge in [-0.15, -0.1) is 11.3 Å². The quantitative estimate of drug-likeness (QED) is 0.692. The van der Waals surface area contributed by atoms with Gasteiger partial charge < -0.3 is 15.4 Å². The summed E-state index contributed by atoms with van der Waals surface area (Å²) in [6.45, 7) is 9.10. The highest BCUT2D eigenvalue weighted by molar-refractivity contribution is 9.10. The number of hydrogen-bond donors (Lipinski definition) is 2. The Kier molecular flexibility index (Phi) is 7.47. The third-order valence-electron chi connectivity index (χ3n) is 2.51. The van der Waals surface area contributed by atoms with Crippen LogP contribution in [-0.4, -0.2) is 24.3 Å². The Bertz CT molecular complexity index is 455. The summed E-state index contributed by atoms with van der Waals surface area (Å²) in [5.41, 5.74) is -0.464. The van der Waals surface area contributed by atoms with Gasteiger partial charge in [0.1, 0.15) is 9.94 Å². The summed E-state index contributed by atoms with van der Waals surface area (Å²) in [5.74, 6) is 0. The molecule has 0 spiro atoms. The van der Waals surface area contributed by atoms with Crippen molar-refractivity contribution in [1.82, 2.24) is 10.6 Å². The van der Waals surface area contributed by atoms with Crippen molar-refractivity contribution in [3.8, 4) is 0 Å². The summed E-state index contributed by atoms with van der Waals surface area (Å²) in [7, 11) is 0. The minimum atomic E-state index is -0.464. The van der Waals surface area contributed by atoms with Gasteiger partial charge in [-0.05, 0) is 62.7 Å². The Hall–Kier alpha value is -0.300. The topological polar surface area (TPSA) is 50.4 Å². The van der Waals surface area contributed by atoms with Gasteiger partial charge in [-0.1, -0.05) is 11.6 Å². The molecule has 1 aromatic rings. The van der Waals surface area contributed by atoms with E-state index < -0.39 is 5.60 Å². The first kappa shape index (κ1) is 18.7. The fourth-order valence-electron chi connectivity index (χ4n) is 1.59. The highest BCUT2D eigenvalue weighted by atomic mass is 79.9. The number of carbonyl (C=O) groups excluding carboxylic acids is 1. The molecule has 0 aliphatic carbocycles. The van der Waals surface area contributed by atoms with Gasteiger partial charge in [0.15, 0.2) is 0 Å². The molecule has 0 aromatic carbocycles. The molecule has 0 fully saturated rings. The zero-order chi connectivity index (χ0) is 16.0. The fraction of sp³-hybridized carbons (Fsp3) is 0.643. The second-order valence-corrected chi connectivity index (χ2v) is 8.44. The van der Waals surface area contributed by atoms with Gasteiger partial charge in [0, 0.05) is 21.9 Å². The van der Waals surface area contributed by atoms with Crippen molar-refractivity contribution in [1.29, 1.82) is 0 Å². The monoisotopic (exact) mass is 396 g/mol. The van der Waals surface area contributed by atoms with Crippen LogP contribution in [0.5, 0.6) is 0 Å². The number of rotatable bonds is 6. The molecule has 2 N–H and O–H groups in total. The second-order valence-electron chi connectivity index (χ2n) is 5.85. The number of hydrogen-bond acceptors (Lipinski definition) is 4. The highest BCUT2D eigenvalue weighted by Gasteiger charge is 2.17. The van der Waals surface area contributed by atoms with Crippen molar-refractivity contribution in [2.75, 3.05) is 6.54 Å². The molecule has 0 saturated heterocycles. The standard InChI is InChI=1S/C14H22BrClN2O2S/c1-9(18-13(19)20-14(2,3)4)5-6-17-8-10-7-11(15)12(16)21-10/h7,9,17H,5-6,8H2,1-4H3,(H,18,19). The lowest BCUT2D eigenvalue weighted by Gasteiger charge is -2.22. The number of nitrogens with one attached hydrogen (secondary N) is 2. The average molecular weight is 398 g/mol. The third-order valence-corrected chi connectivity index (χ3v) is 4.99. The molecule has 1 rings (SSSR count). The van der Waals surface area contributed by atoms with Crippen molar-refractivity contribution < 1.29 is 9.53 Å². The lowest BCUT2D eigenvalue weighted by atomic mass is 10.2. The molecule has 1 amide bonds. The highest BCUT2D eigenvalue weighted by Crippen LogP contribution is 2.31. The van der Waals surface area contributed by atoms with Crippen LogP contribution in [0.15, 0.2) is 10.5 Å². The van der Waals surface area contributed by atoms with Crippen LogP contribution < -0.4 is 10.6 Å². The second kappa shape index (κ2) is 8.36. The van der Waals surface area contributed by atoms with E-state index in [1.807, 2.05) is 33.8 Å². The van der Waals surface area contributed by atoms with E-state index in [0.717, 1.165) is 28.3 Å². The number of amides is 1. The van der Waals surface area contributed by atoms with Crippen molar-refractivity contribution in [2.45, 2.75) is 52.3 Å². The largest absolute Gasteiger partial charge is 0.444 e. The molecule has 0 radical (unpaired) electrons. The first-order valence-corrected chi connectivity index (χ1v) is 8.80. The van der Waals surface area contributed by atoms with E-state index in [-0.39, 0.29) is 12.1 Å². The van der Waals surface area contributed by atoms with E-state index in [0.29, 0.717) is 0 Å². The van der Waals surface area contributed by atoms with Crippen LogP contribution >= 0.6 is 38.9 Å². The molecule has 4 nitrogen and oxygen atoms in total. The smallest absolute Gasteiger partial charge is 0.407 e. The van der Waals surface area contributed by atoms with Gasteiger partial charge in [0.05, 0.1) is 0 Å². The molecule has 1 unspecified atom stereocenters. The zero-order valence-electron chi connectivity index (χ0n) is 12.8. The Morgan fingerprint density at radius 1 is 1.52 bits per heavy atom. The van der Waals surface area contributed by atoms with E-state index in [1.54, 1.807) is 11.3 Å². The van der Waals surface area contributed by atoms with Crippen LogP contribution in [0.1, 0.15) is 39.0 Å². The number of ether oxygens (including phenoxy) is 1. The Balaban J connectivity index is 2.18. The first-order chi connectivity index (χ1) is 9.67. The summed E-state index contributed by atoms with van der Waals surface area (Å²) in [4.78, 5) is 12.8. The van der Waals surface area contributed by atoms with Gasteiger partial charge in [-0.25, -0.2) is 4.79 Å². The van der Waals surface area contributed by atoms with Crippen LogP contribution in [-0.2, 0) is 11.3 Å². The lowest BCUT2D eigenvalue weighted by molar-refractivity contribution is 0.0506. The van der Waals surface area contributed by atoms with Crippen LogP contribution in [0, 0.1) is 0 Å². The molecule has 0 saturated carbocycles. The molecule has 0 aliphatic heterocycles. The van der Waals surface area contributed by atoms with E-state index in [1.165, 1.54) is 4.88 Å². The van der Waals surface area contributed by atoms with Gasteiger partial charge in [-0.3, -0.25) is 0 Å². The van der Waals surface area contributed by atoms with Crippen LogP contribution in [0.25, 0.3) is 0 Å². The molecular weight excluding hydrogens is 376 g/mol. The maximum absolute atomic E-state index is 11.6. The van der Waals surface area contributed by atoms with Gasteiger partial charge in [0.2, 0.25) is 0 Å². The normalized spacial score (nSPS) is 13.0. The number of thiophene rings is 1. The lowest BCUT2D eigenvalue weighted by Crippen LogP contribution is -2.38. The van der Waals surface area contributed by atoms with E-state index in [2.05, 4.69) is 26.6 Å². The van der Waals surface area contributed by atoms with Crippen molar-refractivity contribution in [3.63, 3.8) is 0 Å². The van der Waals surface area contributed by atoms with Crippen molar-refractivity contribution in [2.24, 2.45) is 0 Å². The number of halogens is 2. The molecule has 1 atom stereocenters. The molecule has 0 aliphatic rings. The SMILES string of the molecule is CC(CCNCc1cc(Br)c(Cl)s1)NC(=O)OC(C)(C)C. The minimum Gasteiger partial charge on any atom is -0.444 e. The Morgan fingerprint density at radius 2 is 2.19 bits per heavy atom. The van der Waals surface area contributed by atoms with E-state index in [4.69, 9.17) is 16.3 Å². The molecule has 21 heavy (non-hydrogen) atoms. The van der Waals surface area contributed by atoms with Gasteiger partial charge >= 0.3 is 6.09 Å². The number of carbonyl (C=O) groups is 1. The molecule has 0 bridgehead atoms. The summed E-state index contributed by atoms with van der Waals surface area (Å²) >= 11 is 10.9. The molecule has 120 valence electrons. The molecule has 7 heteroatoms. The maximum Gasteiger partial charge on any atom is 0.407 e. The average Bonchev–Trinajstić information content (AvgIpc) is 2.61. The zero-order valence-corrected chi connectivity index (χ0v) is 15.9. The van der Waals surface area contributed by atoms with Crippen LogP contribution in [0.3, 0.4) is 0 Å². The summed E-state index contributed by atoms with van der Waals surface area (Å²) in [6, 6.07) is 2.08.